The van der Waals surface area contributed by atoms with E-state index in [0.717, 1.165) is 31.8 Å². The summed E-state index contributed by atoms with van der Waals surface area (Å²) in [6.07, 6.45) is 2.13. The van der Waals surface area contributed by atoms with Crippen LogP contribution in [0.4, 0.5) is 0 Å². The minimum atomic E-state index is 0.408. The molecule has 0 unspecified atom stereocenters. The van der Waals surface area contributed by atoms with E-state index in [0.29, 0.717) is 17.5 Å². The molecule has 0 bridgehead atoms. The molecular weight excluding hydrogens is 226 g/mol. The minimum absolute atomic E-state index is 0.408. The van der Waals surface area contributed by atoms with Crippen molar-refractivity contribution in [2.75, 3.05) is 13.1 Å². The molecule has 0 amide bonds. The predicted molar refractivity (Wildman–Crippen MR) is 58.0 cm³/mol. The molecule has 6 nitrogen and oxygen atoms in total. The lowest BCUT2D eigenvalue weighted by Gasteiger charge is -2.18. The van der Waals surface area contributed by atoms with Gasteiger partial charge in [0.2, 0.25) is 0 Å². The van der Waals surface area contributed by atoms with Crippen molar-refractivity contribution in [2.45, 2.75) is 18.8 Å². The van der Waals surface area contributed by atoms with Crippen LogP contribution in [0.15, 0.2) is 9.90 Å². The standard InChI is InChI=1S/C9H11N5OS/c1-3-10-4-2-6(1)8-11-9(15-13-8)7-5-16-14-12-7/h5-6,10H,1-4H2. The smallest absolute Gasteiger partial charge is 0.279 e. The summed E-state index contributed by atoms with van der Waals surface area (Å²) in [6.45, 7) is 2.04. The number of rotatable bonds is 2. The van der Waals surface area contributed by atoms with E-state index < -0.39 is 0 Å². The summed E-state index contributed by atoms with van der Waals surface area (Å²) in [6, 6.07) is 0. The van der Waals surface area contributed by atoms with Crippen molar-refractivity contribution >= 4 is 11.5 Å². The van der Waals surface area contributed by atoms with Gasteiger partial charge in [0.15, 0.2) is 11.5 Å². The molecule has 1 saturated heterocycles. The molecule has 0 spiro atoms. The highest BCUT2D eigenvalue weighted by Gasteiger charge is 2.21. The Balaban J connectivity index is 1.82. The molecule has 0 atom stereocenters. The summed E-state index contributed by atoms with van der Waals surface area (Å²) in [7, 11) is 0. The number of nitrogens with zero attached hydrogens (tertiary/aromatic N) is 4. The summed E-state index contributed by atoms with van der Waals surface area (Å²) >= 11 is 1.28. The largest absolute Gasteiger partial charge is 0.332 e. The van der Waals surface area contributed by atoms with Gasteiger partial charge in [-0.15, -0.1) is 5.10 Å². The van der Waals surface area contributed by atoms with Gasteiger partial charge in [0.05, 0.1) is 0 Å². The third kappa shape index (κ3) is 1.83. The van der Waals surface area contributed by atoms with E-state index in [9.17, 15) is 0 Å². The van der Waals surface area contributed by atoms with Crippen LogP contribution >= 0.6 is 11.5 Å². The van der Waals surface area contributed by atoms with Crippen molar-refractivity contribution < 1.29 is 4.52 Å². The van der Waals surface area contributed by atoms with E-state index >= 15 is 0 Å². The normalized spacial score (nSPS) is 17.8. The fraction of sp³-hybridized carbons (Fsp3) is 0.556. The number of aromatic nitrogens is 4. The second kappa shape index (κ2) is 4.26. The maximum absolute atomic E-state index is 5.18. The van der Waals surface area contributed by atoms with Crippen molar-refractivity contribution in [3.8, 4) is 11.6 Å². The molecule has 0 aliphatic carbocycles. The lowest BCUT2D eigenvalue weighted by atomic mass is 9.98. The highest BCUT2D eigenvalue weighted by atomic mass is 32.1. The number of piperidine rings is 1. The summed E-state index contributed by atoms with van der Waals surface area (Å²) in [4.78, 5) is 4.38. The van der Waals surface area contributed by atoms with Crippen molar-refractivity contribution in [3.63, 3.8) is 0 Å². The fourth-order valence-corrected chi connectivity index (χ4v) is 2.27. The Hall–Kier alpha value is -1.34. The monoisotopic (exact) mass is 237 g/mol. The molecule has 0 radical (unpaired) electrons. The first-order valence-corrected chi connectivity index (χ1v) is 6.09. The van der Waals surface area contributed by atoms with Gasteiger partial charge in [0, 0.05) is 11.3 Å². The zero-order valence-electron chi connectivity index (χ0n) is 8.59. The van der Waals surface area contributed by atoms with E-state index in [1.807, 2.05) is 0 Å². The average Bonchev–Trinajstić information content (AvgIpc) is 3.01. The van der Waals surface area contributed by atoms with Crippen LogP contribution in [-0.4, -0.2) is 32.8 Å². The molecule has 7 heteroatoms. The molecule has 1 aliphatic rings. The first-order valence-electron chi connectivity index (χ1n) is 5.25. The molecule has 84 valence electrons. The van der Waals surface area contributed by atoms with E-state index in [1.165, 1.54) is 11.5 Å². The molecule has 2 aromatic rings. The van der Waals surface area contributed by atoms with Crippen LogP contribution in [0.5, 0.6) is 0 Å². The Kier molecular flexibility index (Phi) is 2.63. The van der Waals surface area contributed by atoms with Crippen molar-refractivity contribution in [1.82, 2.24) is 25.0 Å². The van der Waals surface area contributed by atoms with Crippen LogP contribution in [0, 0.1) is 0 Å². The average molecular weight is 237 g/mol. The Bertz CT molecular complexity index is 448. The molecule has 3 rings (SSSR count). The Labute approximate surface area is 96.2 Å². The van der Waals surface area contributed by atoms with E-state index in [2.05, 4.69) is 25.0 Å². The highest BCUT2D eigenvalue weighted by molar-refractivity contribution is 7.03. The van der Waals surface area contributed by atoms with Crippen molar-refractivity contribution in [3.05, 3.63) is 11.2 Å². The molecule has 16 heavy (non-hydrogen) atoms. The predicted octanol–water partition coefficient (Wildman–Crippen LogP) is 1.06. The summed E-state index contributed by atoms with van der Waals surface area (Å²) in [5, 5.41) is 13.0. The Morgan fingerprint density at radius 2 is 2.25 bits per heavy atom. The third-order valence-electron chi connectivity index (χ3n) is 2.73. The van der Waals surface area contributed by atoms with Crippen molar-refractivity contribution in [2.24, 2.45) is 0 Å². The molecular formula is C9H11N5OS. The second-order valence-electron chi connectivity index (χ2n) is 3.77. The van der Waals surface area contributed by atoms with Crippen molar-refractivity contribution in [1.29, 1.82) is 0 Å². The lowest BCUT2D eigenvalue weighted by molar-refractivity contribution is 0.391. The molecule has 1 N–H and O–H groups in total. The zero-order valence-corrected chi connectivity index (χ0v) is 9.40. The van der Waals surface area contributed by atoms with E-state index in [4.69, 9.17) is 4.52 Å². The minimum Gasteiger partial charge on any atom is -0.332 e. The Morgan fingerprint density at radius 1 is 1.38 bits per heavy atom. The van der Waals surface area contributed by atoms with E-state index in [-0.39, 0.29) is 0 Å². The van der Waals surface area contributed by atoms with Crippen LogP contribution < -0.4 is 5.32 Å². The van der Waals surface area contributed by atoms with Gasteiger partial charge < -0.3 is 9.84 Å². The molecule has 0 saturated carbocycles. The van der Waals surface area contributed by atoms with Gasteiger partial charge in [0.1, 0.15) is 0 Å². The van der Waals surface area contributed by atoms with Crippen LogP contribution in [0.3, 0.4) is 0 Å². The van der Waals surface area contributed by atoms with Gasteiger partial charge in [-0.3, -0.25) is 0 Å². The summed E-state index contributed by atoms with van der Waals surface area (Å²) in [5.74, 6) is 1.68. The number of hydrogen-bond acceptors (Lipinski definition) is 7. The van der Waals surface area contributed by atoms with Crippen LogP contribution in [0.2, 0.25) is 0 Å². The maximum Gasteiger partial charge on any atom is 0.279 e. The second-order valence-corrected chi connectivity index (χ2v) is 4.38. The van der Waals surface area contributed by atoms with Gasteiger partial charge in [-0.05, 0) is 37.5 Å². The lowest BCUT2D eigenvalue weighted by Crippen LogP contribution is -2.27. The number of hydrogen-bond donors (Lipinski definition) is 1. The molecule has 2 aromatic heterocycles. The topological polar surface area (TPSA) is 76.7 Å². The highest BCUT2D eigenvalue weighted by Crippen LogP contribution is 2.24. The quantitative estimate of drug-likeness (QED) is 0.841. The van der Waals surface area contributed by atoms with Crippen LogP contribution in [-0.2, 0) is 0 Å². The van der Waals surface area contributed by atoms with Gasteiger partial charge in [-0.25, -0.2) is 0 Å². The maximum atomic E-state index is 5.18. The van der Waals surface area contributed by atoms with Gasteiger partial charge in [-0.2, -0.15) is 4.98 Å². The molecule has 0 aromatic carbocycles. The number of nitrogens with one attached hydrogen (secondary N) is 1. The Morgan fingerprint density at radius 3 is 3.00 bits per heavy atom. The fourth-order valence-electron chi connectivity index (χ4n) is 1.84. The molecule has 3 heterocycles. The van der Waals surface area contributed by atoms with Gasteiger partial charge in [0.25, 0.3) is 5.89 Å². The molecule has 1 fully saturated rings. The molecule has 1 aliphatic heterocycles. The van der Waals surface area contributed by atoms with Crippen LogP contribution in [0.25, 0.3) is 11.6 Å². The first kappa shape index (κ1) is 9.86. The summed E-state index contributed by atoms with van der Waals surface area (Å²) < 4.78 is 8.96. The SMILES string of the molecule is c1snnc1-c1nc(C2CCNCC2)no1. The van der Waals surface area contributed by atoms with Gasteiger partial charge in [-0.1, -0.05) is 9.64 Å². The summed E-state index contributed by atoms with van der Waals surface area (Å²) in [5.41, 5.74) is 0.665. The van der Waals surface area contributed by atoms with Gasteiger partial charge >= 0.3 is 0 Å². The first-order chi connectivity index (χ1) is 7.93. The van der Waals surface area contributed by atoms with Crippen LogP contribution in [0.1, 0.15) is 24.6 Å². The third-order valence-corrected chi connectivity index (χ3v) is 3.23. The van der Waals surface area contributed by atoms with E-state index in [1.54, 1.807) is 5.38 Å². The zero-order chi connectivity index (χ0) is 10.8.